The second kappa shape index (κ2) is 8.57. The molecule has 2 amide bonds. The summed E-state index contributed by atoms with van der Waals surface area (Å²) in [6.07, 6.45) is 0.0961. The maximum atomic E-state index is 12.0. The molecule has 7 heteroatoms. The van der Waals surface area contributed by atoms with Crippen LogP contribution in [0.3, 0.4) is 0 Å². The number of carbonyl (C=O) groups is 3. The van der Waals surface area contributed by atoms with E-state index in [1.54, 1.807) is 6.92 Å². The summed E-state index contributed by atoms with van der Waals surface area (Å²) in [6, 6.07) is 8.94. The van der Waals surface area contributed by atoms with Crippen LogP contribution in [0.4, 0.5) is 0 Å². The Kier molecular flexibility index (Phi) is 6.46. The van der Waals surface area contributed by atoms with Crippen molar-refractivity contribution in [3.05, 3.63) is 35.9 Å². The molecule has 2 atom stereocenters. The highest BCUT2D eigenvalue weighted by atomic mass is 32.2. The van der Waals surface area contributed by atoms with E-state index in [2.05, 4.69) is 10.6 Å². The maximum absolute atomic E-state index is 12.0. The van der Waals surface area contributed by atoms with Gasteiger partial charge in [-0.15, -0.1) is 11.8 Å². The number of hydrogen-bond donors (Lipinski definition) is 2. The molecule has 1 aliphatic heterocycles. The van der Waals surface area contributed by atoms with E-state index in [4.69, 9.17) is 4.74 Å². The highest BCUT2D eigenvalue weighted by Crippen LogP contribution is 2.21. The molecule has 0 aliphatic carbocycles. The Morgan fingerprint density at radius 1 is 1.35 bits per heavy atom. The molecule has 0 spiro atoms. The van der Waals surface area contributed by atoms with E-state index in [0.29, 0.717) is 12.3 Å². The number of amides is 2. The van der Waals surface area contributed by atoms with E-state index < -0.39 is 17.3 Å². The Balaban J connectivity index is 1.76. The lowest BCUT2D eigenvalue weighted by atomic mass is 10.2. The lowest BCUT2D eigenvalue weighted by Crippen LogP contribution is -2.52. The molecule has 2 unspecified atom stereocenters. The summed E-state index contributed by atoms with van der Waals surface area (Å²) in [5, 5.41) is 4.94. The van der Waals surface area contributed by atoms with Gasteiger partial charge in [0.1, 0.15) is 6.04 Å². The van der Waals surface area contributed by atoms with Gasteiger partial charge in [-0.3, -0.25) is 9.59 Å². The first kappa shape index (κ1) is 17.3. The standard InChI is InChI=1S/C16H20N2O4S/c1-2-22-16(21)12-10-23-13(15(20)18-12)8-14(19)17-9-11-6-4-3-5-7-11/h3-7,12-13H,2,8-10H2,1H3,(H,17,19)(H,18,20). The molecular formula is C16H20N2O4S. The summed E-state index contributed by atoms with van der Waals surface area (Å²) in [4.78, 5) is 35.6. The largest absolute Gasteiger partial charge is 0.464 e. The van der Waals surface area contributed by atoms with Gasteiger partial charge in [-0.05, 0) is 12.5 Å². The number of thioether (sulfide) groups is 1. The fraction of sp³-hybridized carbons (Fsp3) is 0.438. The van der Waals surface area contributed by atoms with Crippen molar-refractivity contribution in [2.24, 2.45) is 0 Å². The van der Waals surface area contributed by atoms with E-state index >= 15 is 0 Å². The highest BCUT2D eigenvalue weighted by molar-refractivity contribution is 8.00. The van der Waals surface area contributed by atoms with Gasteiger partial charge in [0.25, 0.3) is 0 Å². The van der Waals surface area contributed by atoms with Crippen molar-refractivity contribution in [3.8, 4) is 0 Å². The van der Waals surface area contributed by atoms with Crippen LogP contribution >= 0.6 is 11.8 Å². The van der Waals surface area contributed by atoms with Gasteiger partial charge in [-0.1, -0.05) is 30.3 Å². The lowest BCUT2D eigenvalue weighted by molar-refractivity contribution is -0.146. The molecule has 1 aromatic rings. The van der Waals surface area contributed by atoms with E-state index in [0.717, 1.165) is 5.56 Å². The van der Waals surface area contributed by atoms with Crippen molar-refractivity contribution in [1.29, 1.82) is 0 Å². The number of esters is 1. The number of ether oxygens (including phenoxy) is 1. The van der Waals surface area contributed by atoms with Crippen molar-refractivity contribution in [2.75, 3.05) is 12.4 Å². The van der Waals surface area contributed by atoms with E-state index in [-0.39, 0.29) is 24.8 Å². The molecule has 0 bridgehead atoms. The van der Waals surface area contributed by atoms with Gasteiger partial charge in [-0.2, -0.15) is 0 Å². The number of nitrogens with one attached hydrogen (secondary N) is 2. The van der Waals surface area contributed by atoms with Gasteiger partial charge in [0.2, 0.25) is 11.8 Å². The molecule has 0 aromatic heterocycles. The SMILES string of the molecule is CCOC(=O)C1CSC(CC(=O)NCc2ccccc2)C(=O)N1. The zero-order valence-corrected chi connectivity index (χ0v) is 13.7. The first-order valence-electron chi connectivity index (χ1n) is 7.49. The van der Waals surface area contributed by atoms with Gasteiger partial charge in [0.05, 0.1) is 11.9 Å². The van der Waals surface area contributed by atoms with Crippen LogP contribution in [0.15, 0.2) is 30.3 Å². The molecule has 1 heterocycles. The van der Waals surface area contributed by atoms with Crippen LogP contribution in [-0.4, -0.2) is 41.4 Å². The Labute approximate surface area is 139 Å². The molecule has 23 heavy (non-hydrogen) atoms. The van der Waals surface area contributed by atoms with Crippen LogP contribution in [0.2, 0.25) is 0 Å². The molecule has 0 radical (unpaired) electrons. The molecular weight excluding hydrogens is 316 g/mol. The molecule has 124 valence electrons. The van der Waals surface area contributed by atoms with Crippen LogP contribution in [0, 0.1) is 0 Å². The smallest absolute Gasteiger partial charge is 0.329 e. The van der Waals surface area contributed by atoms with E-state index in [9.17, 15) is 14.4 Å². The molecule has 1 aromatic carbocycles. The Morgan fingerprint density at radius 3 is 2.74 bits per heavy atom. The molecule has 2 rings (SSSR count). The second-order valence-electron chi connectivity index (χ2n) is 5.10. The number of carbonyl (C=O) groups excluding carboxylic acids is 3. The van der Waals surface area contributed by atoms with Crippen LogP contribution in [0.1, 0.15) is 18.9 Å². The van der Waals surface area contributed by atoms with Crippen molar-refractivity contribution in [2.45, 2.75) is 31.2 Å². The van der Waals surface area contributed by atoms with Crippen molar-refractivity contribution in [1.82, 2.24) is 10.6 Å². The molecule has 1 saturated heterocycles. The topological polar surface area (TPSA) is 84.5 Å². The molecule has 2 N–H and O–H groups in total. The fourth-order valence-corrected chi connectivity index (χ4v) is 3.29. The summed E-state index contributed by atoms with van der Waals surface area (Å²) < 4.78 is 4.89. The maximum Gasteiger partial charge on any atom is 0.329 e. The van der Waals surface area contributed by atoms with Gasteiger partial charge >= 0.3 is 5.97 Å². The minimum absolute atomic E-state index is 0.0961. The van der Waals surface area contributed by atoms with E-state index in [1.807, 2.05) is 30.3 Å². The van der Waals surface area contributed by atoms with Crippen LogP contribution in [-0.2, 0) is 25.7 Å². The summed E-state index contributed by atoms with van der Waals surface area (Å²) in [7, 11) is 0. The minimum Gasteiger partial charge on any atom is -0.464 e. The summed E-state index contributed by atoms with van der Waals surface area (Å²) in [6.45, 7) is 2.43. The van der Waals surface area contributed by atoms with Crippen molar-refractivity contribution >= 4 is 29.5 Å². The van der Waals surface area contributed by atoms with E-state index in [1.165, 1.54) is 11.8 Å². The van der Waals surface area contributed by atoms with Gasteiger partial charge < -0.3 is 15.4 Å². The summed E-state index contributed by atoms with van der Waals surface area (Å²) >= 11 is 1.31. The Hall–Kier alpha value is -2.02. The molecule has 1 fully saturated rings. The number of benzene rings is 1. The van der Waals surface area contributed by atoms with Gasteiger partial charge in [-0.25, -0.2) is 4.79 Å². The van der Waals surface area contributed by atoms with Crippen LogP contribution in [0.25, 0.3) is 0 Å². The predicted molar refractivity (Wildman–Crippen MR) is 87.7 cm³/mol. The predicted octanol–water partition coefficient (Wildman–Crippen LogP) is 0.856. The lowest BCUT2D eigenvalue weighted by Gasteiger charge is -2.27. The first-order chi connectivity index (χ1) is 11.1. The number of hydrogen-bond acceptors (Lipinski definition) is 5. The zero-order chi connectivity index (χ0) is 16.7. The van der Waals surface area contributed by atoms with Crippen LogP contribution in [0.5, 0.6) is 0 Å². The third-order valence-corrected chi connectivity index (χ3v) is 4.66. The molecule has 1 aliphatic rings. The Morgan fingerprint density at radius 2 is 2.09 bits per heavy atom. The highest BCUT2D eigenvalue weighted by Gasteiger charge is 2.34. The third kappa shape index (κ3) is 5.28. The monoisotopic (exact) mass is 336 g/mol. The average Bonchev–Trinajstić information content (AvgIpc) is 2.56. The zero-order valence-electron chi connectivity index (χ0n) is 12.9. The third-order valence-electron chi connectivity index (χ3n) is 3.35. The normalized spacial score (nSPS) is 20.5. The van der Waals surface area contributed by atoms with Crippen molar-refractivity contribution < 1.29 is 19.1 Å². The fourth-order valence-electron chi connectivity index (χ4n) is 2.15. The van der Waals surface area contributed by atoms with Crippen molar-refractivity contribution in [3.63, 3.8) is 0 Å². The first-order valence-corrected chi connectivity index (χ1v) is 8.54. The summed E-state index contributed by atoms with van der Waals surface area (Å²) in [5.74, 6) is -0.494. The average molecular weight is 336 g/mol. The second-order valence-corrected chi connectivity index (χ2v) is 6.34. The number of rotatable bonds is 6. The molecule has 0 saturated carbocycles. The van der Waals surface area contributed by atoms with Gasteiger partial charge in [0.15, 0.2) is 0 Å². The van der Waals surface area contributed by atoms with Gasteiger partial charge in [0, 0.05) is 18.7 Å². The quantitative estimate of drug-likeness (QED) is 0.753. The Bertz CT molecular complexity index is 564. The molecule has 6 nitrogen and oxygen atoms in total. The minimum atomic E-state index is -0.629. The summed E-state index contributed by atoms with van der Waals surface area (Å²) in [5.41, 5.74) is 1.00. The van der Waals surface area contributed by atoms with Crippen LogP contribution < -0.4 is 10.6 Å².